The number of hydrogen-bond donors (Lipinski definition) is 3. The Labute approximate surface area is 94.1 Å². The fourth-order valence-corrected chi connectivity index (χ4v) is 1.85. The second kappa shape index (κ2) is 4.05. The van der Waals surface area contributed by atoms with Crippen molar-refractivity contribution in [2.24, 2.45) is 0 Å². The lowest BCUT2D eigenvalue weighted by molar-refractivity contribution is -0.0729. The number of ether oxygens (including phenoxy) is 1. The van der Waals surface area contributed by atoms with Crippen LogP contribution in [-0.4, -0.2) is 33.6 Å². The number of fused-ring (bicyclic) bond motifs is 1. The summed E-state index contributed by atoms with van der Waals surface area (Å²) in [6.45, 7) is 1.21. The van der Waals surface area contributed by atoms with Crippen LogP contribution >= 0.6 is 0 Å². The summed E-state index contributed by atoms with van der Waals surface area (Å²) in [7, 11) is 0. The van der Waals surface area contributed by atoms with Crippen LogP contribution in [0.1, 0.15) is 18.1 Å². The highest BCUT2D eigenvalue weighted by Crippen LogP contribution is 2.33. The van der Waals surface area contributed by atoms with E-state index in [1.165, 1.54) is 0 Å². The van der Waals surface area contributed by atoms with Crippen LogP contribution in [0, 0.1) is 0 Å². The fraction of sp³-hybridized carbons (Fsp3) is 0.500. The highest BCUT2D eigenvalue weighted by molar-refractivity contribution is 5.41. The van der Waals surface area contributed by atoms with Crippen molar-refractivity contribution in [2.75, 3.05) is 6.61 Å². The van der Waals surface area contributed by atoms with Gasteiger partial charge in [-0.15, -0.1) is 0 Å². The number of aliphatic hydroxyl groups is 3. The molecule has 0 spiro atoms. The Balaban J connectivity index is 2.21. The zero-order chi connectivity index (χ0) is 11.8. The summed E-state index contributed by atoms with van der Waals surface area (Å²) in [4.78, 5) is 0. The smallest absolute Gasteiger partial charge is 0.133 e. The normalized spacial score (nSPS) is 22.4. The van der Waals surface area contributed by atoms with Gasteiger partial charge in [-0.05, 0) is 30.2 Å². The maximum absolute atomic E-state index is 9.90. The number of aliphatic hydroxyl groups excluding tert-OH is 2. The molecule has 0 amide bonds. The summed E-state index contributed by atoms with van der Waals surface area (Å²) in [6.07, 6.45) is 0.123. The fourth-order valence-electron chi connectivity index (χ4n) is 1.85. The van der Waals surface area contributed by atoms with Gasteiger partial charge in [0.05, 0.1) is 13.2 Å². The molecule has 0 fully saturated rings. The van der Waals surface area contributed by atoms with Crippen LogP contribution in [0.3, 0.4) is 0 Å². The number of hydrogen-bond acceptors (Lipinski definition) is 4. The van der Waals surface area contributed by atoms with Gasteiger partial charge in [0.2, 0.25) is 0 Å². The lowest BCUT2D eigenvalue weighted by Gasteiger charge is -2.26. The molecule has 88 valence electrons. The molecule has 1 heterocycles. The van der Waals surface area contributed by atoms with Crippen molar-refractivity contribution in [3.05, 3.63) is 29.3 Å². The van der Waals surface area contributed by atoms with Crippen LogP contribution in [0.5, 0.6) is 5.75 Å². The molecule has 16 heavy (non-hydrogen) atoms. The first-order chi connectivity index (χ1) is 7.56. The van der Waals surface area contributed by atoms with Crippen LogP contribution < -0.4 is 4.74 Å². The van der Waals surface area contributed by atoms with E-state index in [9.17, 15) is 5.11 Å². The summed E-state index contributed by atoms with van der Waals surface area (Å²) < 4.78 is 5.57. The SMILES string of the molecule is C[C@@](O)(CO)[C@@H]1Cc2cc(CO)ccc2O1. The van der Waals surface area contributed by atoms with Gasteiger partial charge in [0.15, 0.2) is 0 Å². The Hall–Kier alpha value is -1.10. The second-order valence-electron chi connectivity index (χ2n) is 4.43. The number of benzene rings is 1. The Morgan fingerprint density at radius 2 is 2.19 bits per heavy atom. The summed E-state index contributed by atoms with van der Waals surface area (Å²) >= 11 is 0. The minimum atomic E-state index is -1.24. The molecule has 0 aromatic heterocycles. The molecule has 1 aromatic rings. The molecule has 2 atom stereocenters. The summed E-state index contributed by atoms with van der Waals surface area (Å²) in [5, 5.41) is 28.0. The first kappa shape index (κ1) is 11.4. The molecular weight excluding hydrogens is 208 g/mol. The van der Waals surface area contributed by atoms with E-state index >= 15 is 0 Å². The Bertz CT molecular complexity index is 387. The standard InChI is InChI=1S/C12H16O4/c1-12(15,7-14)11-5-9-4-8(6-13)2-3-10(9)16-11/h2-4,11,13-15H,5-7H2,1H3/t11-,12+/m0/s1. The molecule has 0 bridgehead atoms. The average molecular weight is 224 g/mol. The zero-order valence-corrected chi connectivity index (χ0v) is 9.18. The van der Waals surface area contributed by atoms with E-state index in [1.54, 1.807) is 19.1 Å². The average Bonchev–Trinajstić information content (AvgIpc) is 2.72. The molecule has 2 rings (SSSR count). The third-order valence-corrected chi connectivity index (χ3v) is 3.00. The molecule has 4 nitrogen and oxygen atoms in total. The molecule has 0 saturated carbocycles. The monoisotopic (exact) mass is 224 g/mol. The molecule has 1 aliphatic rings. The van der Waals surface area contributed by atoms with Crippen molar-refractivity contribution < 1.29 is 20.1 Å². The summed E-state index contributed by atoms with van der Waals surface area (Å²) in [5.41, 5.74) is 0.551. The van der Waals surface area contributed by atoms with Gasteiger partial charge < -0.3 is 20.1 Å². The van der Waals surface area contributed by atoms with Crippen LogP contribution in [0.25, 0.3) is 0 Å². The van der Waals surface area contributed by atoms with E-state index in [0.29, 0.717) is 6.42 Å². The van der Waals surface area contributed by atoms with Gasteiger partial charge in [0, 0.05) is 6.42 Å². The Morgan fingerprint density at radius 1 is 1.44 bits per heavy atom. The highest BCUT2D eigenvalue weighted by Gasteiger charge is 2.37. The first-order valence-electron chi connectivity index (χ1n) is 5.29. The minimum absolute atomic E-state index is 0.00562. The molecule has 3 N–H and O–H groups in total. The van der Waals surface area contributed by atoms with Gasteiger partial charge in [0.25, 0.3) is 0 Å². The number of rotatable bonds is 3. The van der Waals surface area contributed by atoms with Crippen LogP contribution in [0.4, 0.5) is 0 Å². The van der Waals surface area contributed by atoms with Gasteiger partial charge in [-0.25, -0.2) is 0 Å². The van der Waals surface area contributed by atoms with Crippen LogP contribution in [0.15, 0.2) is 18.2 Å². The van der Waals surface area contributed by atoms with Crippen molar-refractivity contribution in [3.8, 4) is 5.75 Å². The summed E-state index contributed by atoms with van der Waals surface area (Å²) in [5.74, 6) is 0.718. The largest absolute Gasteiger partial charge is 0.487 e. The van der Waals surface area contributed by atoms with Gasteiger partial charge in [-0.1, -0.05) is 6.07 Å². The molecule has 0 saturated heterocycles. The first-order valence-corrected chi connectivity index (χ1v) is 5.29. The van der Waals surface area contributed by atoms with E-state index in [-0.39, 0.29) is 13.2 Å². The third-order valence-electron chi connectivity index (χ3n) is 3.00. The topological polar surface area (TPSA) is 69.9 Å². The van der Waals surface area contributed by atoms with E-state index in [2.05, 4.69) is 0 Å². The predicted molar refractivity (Wildman–Crippen MR) is 58.2 cm³/mol. The molecule has 4 heteroatoms. The van der Waals surface area contributed by atoms with E-state index in [0.717, 1.165) is 16.9 Å². The quantitative estimate of drug-likeness (QED) is 0.687. The van der Waals surface area contributed by atoms with Crippen molar-refractivity contribution in [3.63, 3.8) is 0 Å². The van der Waals surface area contributed by atoms with Crippen LogP contribution in [-0.2, 0) is 13.0 Å². The van der Waals surface area contributed by atoms with E-state index in [1.807, 2.05) is 6.07 Å². The van der Waals surface area contributed by atoms with Crippen molar-refractivity contribution in [1.29, 1.82) is 0 Å². The molecule has 0 aliphatic carbocycles. The van der Waals surface area contributed by atoms with E-state index < -0.39 is 11.7 Å². The lowest BCUT2D eigenvalue weighted by atomic mass is 9.95. The van der Waals surface area contributed by atoms with Crippen molar-refractivity contribution >= 4 is 0 Å². The van der Waals surface area contributed by atoms with Crippen molar-refractivity contribution in [1.82, 2.24) is 0 Å². The van der Waals surface area contributed by atoms with Gasteiger partial charge >= 0.3 is 0 Å². The zero-order valence-electron chi connectivity index (χ0n) is 9.18. The summed E-state index contributed by atoms with van der Waals surface area (Å²) in [6, 6.07) is 5.44. The molecule has 0 radical (unpaired) electrons. The maximum atomic E-state index is 9.90. The minimum Gasteiger partial charge on any atom is -0.487 e. The maximum Gasteiger partial charge on any atom is 0.133 e. The molecule has 1 aromatic carbocycles. The van der Waals surface area contributed by atoms with Crippen molar-refractivity contribution in [2.45, 2.75) is 31.7 Å². The highest BCUT2D eigenvalue weighted by atomic mass is 16.5. The van der Waals surface area contributed by atoms with Gasteiger partial charge in [-0.3, -0.25) is 0 Å². The Morgan fingerprint density at radius 3 is 2.81 bits per heavy atom. The molecule has 1 aliphatic heterocycles. The van der Waals surface area contributed by atoms with E-state index in [4.69, 9.17) is 14.9 Å². The third kappa shape index (κ3) is 1.91. The predicted octanol–water partition coefficient (Wildman–Crippen LogP) is 0.226. The molecular formula is C12H16O4. The lowest BCUT2D eigenvalue weighted by Crippen LogP contribution is -2.45. The van der Waals surface area contributed by atoms with Crippen LogP contribution in [0.2, 0.25) is 0 Å². The second-order valence-corrected chi connectivity index (χ2v) is 4.43. The van der Waals surface area contributed by atoms with Gasteiger partial charge in [0.1, 0.15) is 17.5 Å². The Kier molecular flexibility index (Phi) is 2.88. The van der Waals surface area contributed by atoms with Gasteiger partial charge in [-0.2, -0.15) is 0 Å². The molecule has 0 unspecified atom stereocenters.